The number of rotatable bonds is 2. The third kappa shape index (κ3) is 2.60. The molecule has 0 saturated carbocycles. The Morgan fingerprint density at radius 1 is 1.04 bits per heavy atom. The van der Waals surface area contributed by atoms with Crippen LogP contribution < -0.4 is 21.3 Å². The molecule has 126 valence electrons. The Kier molecular flexibility index (Phi) is 3.62. The second-order valence-electron chi connectivity index (χ2n) is 5.76. The number of benzene rings is 2. The number of hydrogen-bond acceptors (Lipinski definition) is 4. The second-order valence-corrected chi connectivity index (χ2v) is 6.20. The highest BCUT2D eigenvalue weighted by atomic mass is 35.5. The van der Waals surface area contributed by atoms with E-state index in [0.717, 1.165) is 16.8 Å². The fourth-order valence-corrected chi connectivity index (χ4v) is 3.31. The number of anilines is 2. The Morgan fingerprint density at radius 3 is 2.52 bits per heavy atom. The molecular formula is C18H14ClN3O3. The summed E-state index contributed by atoms with van der Waals surface area (Å²) in [6.07, 6.45) is 0. The number of H-pyrrole nitrogens is 2. The van der Waals surface area contributed by atoms with Gasteiger partial charge in [0.05, 0.1) is 12.7 Å². The van der Waals surface area contributed by atoms with Crippen molar-refractivity contribution in [2.45, 2.75) is 5.92 Å². The molecule has 1 aliphatic heterocycles. The highest BCUT2D eigenvalue weighted by Gasteiger charge is 2.31. The summed E-state index contributed by atoms with van der Waals surface area (Å²) in [7, 11) is 1.59. The number of ether oxygens (including phenoxy) is 1. The predicted molar refractivity (Wildman–Crippen MR) is 96.4 cm³/mol. The molecule has 6 nitrogen and oxygen atoms in total. The zero-order chi connectivity index (χ0) is 17.6. The second kappa shape index (κ2) is 5.82. The van der Waals surface area contributed by atoms with E-state index in [9.17, 15) is 9.59 Å². The highest BCUT2D eigenvalue weighted by molar-refractivity contribution is 6.30. The average molecular weight is 356 g/mol. The minimum atomic E-state index is -0.553. The molecule has 2 heterocycles. The third-order valence-electron chi connectivity index (χ3n) is 4.30. The summed E-state index contributed by atoms with van der Waals surface area (Å²) in [5.74, 6) is 0.717. The zero-order valence-electron chi connectivity index (χ0n) is 13.2. The quantitative estimate of drug-likeness (QED) is 0.516. The molecule has 1 unspecified atom stereocenters. The molecule has 3 N–H and O–H groups in total. The Morgan fingerprint density at radius 2 is 1.80 bits per heavy atom. The molecule has 0 bridgehead atoms. The third-order valence-corrected chi connectivity index (χ3v) is 4.55. The van der Waals surface area contributed by atoms with Crippen molar-refractivity contribution in [2.75, 3.05) is 12.4 Å². The number of halogens is 1. The van der Waals surface area contributed by atoms with E-state index in [2.05, 4.69) is 15.3 Å². The van der Waals surface area contributed by atoms with Gasteiger partial charge in [-0.15, -0.1) is 0 Å². The van der Waals surface area contributed by atoms with Gasteiger partial charge >= 0.3 is 5.69 Å². The molecule has 1 atom stereocenters. The lowest BCUT2D eigenvalue weighted by atomic mass is 9.82. The summed E-state index contributed by atoms with van der Waals surface area (Å²) in [4.78, 5) is 29.2. The van der Waals surface area contributed by atoms with Gasteiger partial charge in [-0.2, -0.15) is 0 Å². The Labute approximate surface area is 147 Å². The van der Waals surface area contributed by atoms with Crippen molar-refractivity contribution in [2.24, 2.45) is 0 Å². The van der Waals surface area contributed by atoms with Crippen LogP contribution in [0.25, 0.3) is 0 Å². The first kappa shape index (κ1) is 15.5. The SMILES string of the molecule is COc1ccc2c(c1)C(c1ccc(Cl)cc1)c1c([nH]c(=O)[nH]c1=O)N2. The molecule has 0 aliphatic carbocycles. The highest BCUT2D eigenvalue weighted by Crippen LogP contribution is 2.43. The molecule has 0 saturated heterocycles. The van der Waals surface area contributed by atoms with Crippen LogP contribution in [0, 0.1) is 0 Å². The van der Waals surface area contributed by atoms with Crippen LogP contribution in [0.2, 0.25) is 5.02 Å². The smallest absolute Gasteiger partial charge is 0.327 e. The summed E-state index contributed by atoms with van der Waals surface area (Å²) in [5, 5.41) is 3.74. The number of fused-ring (bicyclic) bond motifs is 2. The molecule has 0 fully saturated rings. The van der Waals surface area contributed by atoms with Crippen LogP contribution in [-0.4, -0.2) is 17.1 Å². The van der Waals surface area contributed by atoms with E-state index in [1.54, 1.807) is 19.2 Å². The Balaban J connectivity index is 2.02. The molecule has 25 heavy (non-hydrogen) atoms. The maximum atomic E-state index is 12.5. The minimum Gasteiger partial charge on any atom is -0.497 e. The van der Waals surface area contributed by atoms with E-state index < -0.39 is 11.2 Å². The predicted octanol–water partition coefficient (Wildman–Crippen LogP) is 2.96. The monoisotopic (exact) mass is 355 g/mol. The fourth-order valence-electron chi connectivity index (χ4n) is 3.18. The van der Waals surface area contributed by atoms with E-state index in [4.69, 9.17) is 16.3 Å². The van der Waals surface area contributed by atoms with Crippen LogP contribution in [-0.2, 0) is 0 Å². The number of hydrogen-bond donors (Lipinski definition) is 3. The van der Waals surface area contributed by atoms with E-state index >= 15 is 0 Å². The normalized spacial score (nSPS) is 15.0. The van der Waals surface area contributed by atoms with Gasteiger partial charge in [0.2, 0.25) is 0 Å². The van der Waals surface area contributed by atoms with Crippen molar-refractivity contribution in [1.29, 1.82) is 0 Å². The lowest BCUT2D eigenvalue weighted by molar-refractivity contribution is 0.414. The number of methoxy groups -OCH3 is 1. The van der Waals surface area contributed by atoms with Crippen LogP contribution in [0.4, 0.5) is 11.5 Å². The molecule has 3 aromatic rings. The van der Waals surface area contributed by atoms with Gasteiger partial charge in [-0.1, -0.05) is 23.7 Å². The molecule has 2 aromatic carbocycles. The minimum absolute atomic E-state index is 0.362. The Bertz CT molecular complexity index is 1070. The van der Waals surface area contributed by atoms with Gasteiger partial charge in [-0.3, -0.25) is 14.8 Å². The van der Waals surface area contributed by atoms with Crippen LogP contribution in [0.5, 0.6) is 5.75 Å². The lowest BCUT2D eigenvalue weighted by Gasteiger charge is -2.28. The van der Waals surface area contributed by atoms with Crippen molar-refractivity contribution < 1.29 is 4.74 Å². The summed E-state index contributed by atoms with van der Waals surface area (Å²) in [6.45, 7) is 0. The van der Waals surface area contributed by atoms with Gasteiger partial charge < -0.3 is 10.1 Å². The van der Waals surface area contributed by atoms with Crippen LogP contribution in [0.3, 0.4) is 0 Å². The first-order valence-electron chi connectivity index (χ1n) is 7.64. The van der Waals surface area contributed by atoms with Crippen molar-refractivity contribution in [3.05, 3.63) is 85.0 Å². The summed E-state index contributed by atoms with van der Waals surface area (Å²) in [5.41, 5.74) is 2.03. The van der Waals surface area contributed by atoms with Crippen LogP contribution in [0.15, 0.2) is 52.1 Å². The first-order chi connectivity index (χ1) is 12.1. The number of aromatic nitrogens is 2. The van der Waals surface area contributed by atoms with Crippen molar-refractivity contribution in [1.82, 2.24) is 9.97 Å². The van der Waals surface area contributed by atoms with E-state index in [1.165, 1.54) is 0 Å². The zero-order valence-corrected chi connectivity index (χ0v) is 14.0. The maximum absolute atomic E-state index is 12.5. The van der Waals surface area contributed by atoms with Gasteiger partial charge in [-0.05, 0) is 41.5 Å². The van der Waals surface area contributed by atoms with E-state index in [1.807, 2.05) is 30.3 Å². The molecule has 0 spiro atoms. The van der Waals surface area contributed by atoms with Gasteiger partial charge in [0, 0.05) is 16.6 Å². The van der Waals surface area contributed by atoms with Crippen molar-refractivity contribution in [3.63, 3.8) is 0 Å². The molecule has 4 rings (SSSR count). The molecule has 1 aliphatic rings. The van der Waals surface area contributed by atoms with Crippen LogP contribution >= 0.6 is 11.6 Å². The topological polar surface area (TPSA) is 87.0 Å². The standard InChI is InChI=1S/C18H14ClN3O3/c1-25-11-6-7-13-12(8-11)14(9-2-4-10(19)5-3-9)15-16(20-13)21-18(24)22-17(15)23/h2-8,14H,1H3,(H3,20,21,22,23,24). The number of nitrogens with one attached hydrogen (secondary N) is 3. The van der Waals surface area contributed by atoms with Gasteiger partial charge in [0.15, 0.2) is 0 Å². The molecule has 0 radical (unpaired) electrons. The van der Waals surface area contributed by atoms with Crippen LogP contribution in [0.1, 0.15) is 22.6 Å². The van der Waals surface area contributed by atoms with Gasteiger partial charge in [-0.25, -0.2) is 4.79 Å². The number of aromatic amines is 2. The first-order valence-corrected chi connectivity index (χ1v) is 8.01. The fraction of sp³-hybridized carbons (Fsp3) is 0.111. The Hall–Kier alpha value is -2.99. The van der Waals surface area contributed by atoms with Crippen molar-refractivity contribution >= 4 is 23.1 Å². The van der Waals surface area contributed by atoms with E-state index in [-0.39, 0.29) is 5.92 Å². The van der Waals surface area contributed by atoms with Gasteiger partial charge in [0.1, 0.15) is 11.6 Å². The maximum Gasteiger partial charge on any atom is 0.327 e. The molecule has 1 aromatic heterocycles. The average Bonchev–Trinajstić information content (AvgIpc) is 2.60. The largest absolute Gasteiger partial charge is 0.497 e. The summed E-state index contributed by atoms with van der Waals surface area (Å²) < 4.78 is 5.33. The summed E-state index contributed by atoms with van der Waals surface area (Å²) in [6, 6.07) is 12.9. The van der Waals surface area contributed by atoms with Gasteiger partial charge in [0.25, 0.3) is 5.56 Å². The lowest BCUT2D eigenvalue weighted by Crippen LogP contribution is -2.31. The molecule has 0 amide bonds. The molecule has 7 heteroatoms. The van der Waals surface area contributed by atoms with E-state index in [0.29, 0.717) is 22.2 Å². The molecular weight excluding hydrogens is 342 g/mol. The summed E-state index contributed by atoms with van der Waals surface area (Å²) >= 11 is 6.00. The van der Waals surface area contributed by atoms with Crippen molar-refractivity contribution in [3.8, 4) is 5.75 Å².